The molecule has 8 heteroatoms. The average Bonchev–Trinajstić information content (AvgIpc) is 3.08. The molecule has 3 aromatic rings. The van der Waals surface area contributed by atoms with Gasteiger partial charge in [0.05, 0.1) is 26.0 Å². The van der Waals surface area contributed by atoms with E-state index in [0.29, 0.717) is 23.6 Å². The van der Waals surface area contributed by atoms with Gasteiger partial charge in [0.2, 0.25) is 0 Å². The zero-order chi connectivity index (χ0) is 19.4. The van der Waals surface area contributed by atoms with Crippen molar-refractivity contribution in [3.8, 4) is 11.5 Å². The van der Waals surface area contributed by atoms with Crippen molar-refractivity contribution in [3.63, 3.8) is 0 Å². The Morgan fingerprint density at radius 1 is 1.19 bits per heavy atom. The van der Waals surface area contributed by atoms with Gasteiger partial charge in [0.25, 0.3) is 5.91 Å². The zero-order valence-corrected chi connectivity index (χ0v) is 15.8. The number of carbonyl (C=O) groups is 1. The minimum absolute atomic E-state index is 0.0340. The molecule has 0 unspecified atom stereocenters. The fourth-order valence-corrected chi connectivity index (χ4v) is 2.75. The summed E-state index contributed by atoms with van der Waals surface area (Å²) in [6.45, 7) is 4.27. The molecule has 2 N–H and O–H groups in total. The van der Waals surface area contributed by atoms with E-state index in [1.165, 1.54) is 6.20 Å². The fraction of sp³-hybridized carbons (Fsp3) is 0.316. The third-order valence-corrected chi connectivity index (χ3v) is 4.01. The summed E-state index contributed by atoms with van der Waals surface area (Å²) in [6, 6.07) is 7.46. The summed E-state index contributed by atoms with van der Waals surface area (Å²) in [5.41, 5.74) is 1.81. The minimum Gasteiger partial charge on any atom is -0.496 e. The second-order valence-corrected chi connectivity index (χ2v) is 6.26. The highest BCUT2D eigenvalue weighted by molar-refractivity contribution is 5.99. The molecule has 0 aliphatic rings. The average molecular weight is 369 g/mol. The summed E-state index contributed by atoms with van der Waals surface area (Å²) in [5.74, 6) is 1.87. The van der Waals surface area contributed by atoms with Crippen LogP contribution in [0.1, 0.15) is 29.8 Å². The molecule has 0 aliphatic heterocycles. The van der Waals surface area contributed by atoms with Crippen molar-refractivity contribution in [2.24, 2.45) is 0 Å². The smallest absolute Gasteiger partial charge is 0.256 e. The molecular formula is C19H23N5O3. The molecule has 0 atom stereocenters. The fourth-order valence-electron chi connectivity index (χ4n) is 2.75. The third-order valence-electron chi connectivity index (χ3n) is 4.01. The highest BCUT2D eigenvalue weighted by Gasteiger charge is 2.16. The SMILES string of the molecule is COc1cccc(OC)c1CNc1ccn2ncc(C(=O)NC(C)C)c2n1. The Morgan fingerprint density at radius 3 is 2.52 bits per heavy atom. The number of nitrogens with one attached hydrogen (secondary N) is 2. The number of rotatable bonds is 7. The molecule has 1 amide bonds. The standard InChI is InChI=1S/C19H23N5O3/c1-12(2)22-19(25)14-11-21-24-9-8-17(23-18(14)24)20-10-13-15(26-3)6-5-7-16(13)27-4/h5-9,11-12H,10H2,1-4H3,(H,20,23)(H,22,25). The summed E-state index contributed by atoms with van der Waals surface area (Å²) >= 11 is 0. The molecule has 0 bridgehead atoms. The Kier molecular flexibility index (Phi) is 5.44. The second-order valence-electron chi connectivity index (χ2n) is 6.26. The number of methoxy groups -OCH3 is 2. The Labute approximate surface area is 157 Å². The van der Waals surface area contributed by atoms with Crippen molar-refractivity contribution in [1.82, 2.24) is 19.9 Å². The number of anilines is 1. The zero-order valence-electron chi connectivity index (χ0n) is 15.8. The lowest BCUT2D eigenvalue weighted by Gasteiger charge is -2.14. The first-order chi connectivity index (χ1) is 13.0. The first-order valence-corrected chi connectivity index (χ1v) is 8.62. The van der Waals surface area contributed by atoms with Crippen LogP contribution >= 0.6 is 0 Å². The highest BCUT2D eigenvalue weighted by Crippen LogP contribution is 2.28. The van der Waals surface area contributed by atoms with Crippen LogP contribution in [0.3, 0.4) is 0 Å². The lowest BCUT2D eigenvalue weighted by Crippen LogP contribution is -2.30. The molecule has 2 heterocycles. The Hall–Kier alpha value is -3.29. The molecule has 8 nitrogen and oxygen atoms in total. The third kappa shape index (κ3) is 3.94. The molecular weight excluding hydrogens is 346 g/mol. The van der Waals surface area contributed by atoms with Crippen molar-refractivity contribution < 1.29 is 14.3 Å². The van der Waals surface area contributed by atoms with Gasteiger partial charge in [-0.3, -0.25) is 4.79 Å². The van der Waals surface area contributed by atoms with E-state index in [-0.39, 0.29) is 11.9 Å². The molecule has 27 heavy (non-hydrogen) atoms. The van der Waals surface area contributed by atoms with E-state index in [2.05, 4.69) is 20.7 Å². The number of benzene rings is 1. The number of ether oxygens (including phenoxy) is 2. The van der Waals surface area contributed by atoms with Gasteiger partial charge in [-0.05, 0) is 32.0 Å². The van der Waals surface area contributed by atoms with Gasteiger partial charge in [-0.15, -0.1) is 0 Å². The maximum absolute atomic E-state index is 12.3. The molecule has 3 rings (SSSR count). The lowest BCUT2D eigenvalue weighted by molar-refractivity contribution is 0.0944. The number of nitrogens with zero attached hydrogens (tertiary/aromatic N) is 3. The van der Waals surface area contributed by atoms with E-state index in [9.17, 15) is 4.79 Å². The van der Waals surface area contributed by atoms with E-state index in [4.69, 9.17) is 9.47 Å². The van der Waals surface area contributed by atoms with Crippen molar-refractivity contribution in [2.45, 2.75) is 26.4 Å². The summed E-state index contributed by atoms with van der Waals surface area (Å²) < 4.78 is 12.4. The number of carbonyl (C=O) groups excluding carboxylic acids is 1. The summed E-state index contributed by atoms with van der Waals surface area (Å²) in [7, 11) is 3.24. The molecule has 142 valence electrons. The Morgan fingerprint density at radius 2 is 1.89 bits per heavy atom. The minimum atomic E-state index is -0.198. The monoisotopic (exact) mass is 369 g/mol. The van der Waals surface area contributed by atoms with Crippen LogP contribution in [0.2, 0.25) is 0 Å². The number of aromatic nitrogens is 3. The van der Waals surface area contributed by atoms with E-state index >= 15 is 0 Å². The summed E-state index contributed by atoms with van der Waals surface area (Å²) in [4.78, 5) is 16.9. The maximum atomic E-state index is 12.3. The maximum Gasteiger partial charge on any atom is 0.256 e. The lowest BCUT2D eigenvalue weighted by atomic mass is 10.1. The van der Waals surface area contributed by atoms with Gasteiger partial charge in [-0.1, -0.05) is 6.07 Å². The van der Waals surface area contributed by atoms with Crippen molar-refractivity contribution >= 4 is 17.4 Å². The van der Waals surface area contributed by atoms with E-state index < -0.39 is 0 Å². The number of hydrogen-bond donors (Lipinski definition) is 2. The van der Waals surface area contributed by atoms with Crippen LogP contribution in [0.15, 0.2) is 36.7 Å². The van der Waals surface area contributed by atoms with Crippen LogP contribution in [-0.2, 0) is 6.54 Å². The largest absolute Gasteiger partial charge is 0.496 e. The van der Waals surface area contributed by atoms with Crippen LogP contribution in [-0.4, -0.2) is 40.8 Å². The van der Waals surface area contributed by atoms with Gasteiger partial charge in [0, 0.05) is 18.8 Å². The van der Waals surface area contributed by atoms with Gasteiger partial charge < -0.3 is 20.1 Å². The van der Waals surface area contributed by atoms with Crippen LogP contribution in [0.25, 0.3) is 5.65 Å². The van der Waals surface area contributed by atoms with Crippen molar-refractivity contribution in [3.05, 3.63) is 47.8 Å². The molecule has 0 aliphatic carbocycles. The molecule has 0 fully saturated rings. The van der Waals surface area contributed by atoms with Crippen LogP contribution in [0.5, 0.6) is 11.5 Å². The molecule has 0 spiro atoms. The van der Waals surface area contributed by atoms with Crippen LogP contribution in [0, 0.1) is 0 Å². The van der Waals surface area contributed by atoms with E-state index in [1.54, 1.807) is 31.0 Å². The van der Waals surface area contributed by atoms with Gasteiger partial charge in [0.15, 0.2) is 5.65 Å². The van der Waals surface area contributed by atoms with Gasteiger partial charge in [-0.2, -0.15) is 5.10 Å². The summed E-state index contributed by atoms with van der Waals surface area (Å²) in [6.07, 6.45) is 3.28. The van der Waals surface area contributed by atoms with Crippen LogP contribution < -0.4 is 20.1 Å². The predicted octanol–water partition coefficient (Wildman–Crippen LogP) is 2.50. The first-order valence-electron chi connectivity index (χ1n) is 8.62. The highest BCUT2D eigenvalue weighted by atomic mass is 16.5. The van der Waals surface area contributed by atoms with Crippen LogP contribution in [0.4, 0.5) is 5.82 Å². The number of hydrogen-bond acceptors (Lipinski definition) is 6. The quantitative estimate of drug-likeness (QED) is 0.665. The van der Waals surface area contributed by atoms with Gasteiger partial charge in [0.1, 0.15) is 22.9 Å². The van der Waals surface area contributed by atoms with Crippen molar-refractivity contribution in [1.29, 1.82) is 0 Å². The van der Waals surface area contributed by atoms with Gasteiger partial charge >= 0.3 is 0 Å². The normalized spacial score (nSPS) is 10.9. The molecule has 0 saturated carbocycles. The van der Waals surface area contributed by atoms with Crippen molar-refractivity contribution in [2.75, 3.05) is 19.5 Å². The topological polar surface area (TPSA) is 89.8 Å². The molecule has 1 aromatic carbocycles. The molecule has 2 aromatic heterocycles. The van der Waals surface area contributed by atoms with E-state index in [0.717, 1.165) is 17.1 Å². The van der Waals surface area contributed by atoms with Gasteiger partial charge in [-0.25, -0.2) is 9.50 Å². The molecule has 0 radical (unpaired) electrons. The number of amides is 1. The Balaban J connectivity index is 1.85. The predicted molar refractivity (Wildman–Crippen MR) is 102 cm³/mol. The Bertz CT molecular complexity index is 929. The first kappa shape index (κ1) is 18.5. The summed E-state index contributed by atoms with van der Waals surface area (Å²) in [5, 5.41) is 10.3. The second kappa shape index (κ2) is 7.94. The van der Waals surface area contributed by atoms with E-state index in [1.807, 2.05) is 32.0 Å². The number of fused-ring (bicyclic) bond motifs is 1. The molecule has 0 saturated heterocycles.